The van der Waals surface area contributed by atoms with Gasteiger partial charge in [-0.1, -0.05) is 0 Å². The van der Waals surface area contributed by atoms with Crippen LogP contribution in [0.4, 0.5) is 8.78 Å². The van der Waals surface area contributed by atoms with Gasteiger partial charge in [-0.05, 0) is 40.7 Å². The number of nitrogens with one attached hydrogen (secondary N) is 1. The largest absolute Gasteiger partial charge is 0.342 e. The van der Waals surface area contributed by atoms with Crippen LogP contribution in [0.15, 0.2) is 0 Å². The average Bonchev–Trinajstić information content (AvgIpc) is 2.84. The number of aromatic amines is 1. The quantitative estimate of drug-likeness (QED) is 0.902. The molecule has 1 aromatic heterocycles. The molecule has 1 fully saturated rings. The van der Waals surface area contributed by atoms with E-state index in [1.807, 2.05) is 25.7 Å². The van der Waals surface area contributed by atoms with Crippen LogP contribution >= 0.6 is 0 Å². The molecule has 1 atom stereocenters. The Morgan fingerprint density at radius 2 is 2.00 bits per heavy atom. The lowest BCUT2D eigenvalue weighted by atomic mass is 9.95. The van der Waals surface area contributed by atoms with E-state index in [1.54, 1.807) is 11.9 Å². The predicted molar refractivity (Wildman–Crippen MR) is 84.7 cm³/mol. The molecule has 1 aliphatic rings. The average molecular weight is 328 g/mol. The lowest BCUT2D eigenvalue weighted by Gasteiger charge is -2.37. The van der Waals surface area contributed by atoms with Crippen molar-refractivity contribution in [3.8, 4) is 0 Å². The van der Waals surface area contributed by atoms with Gasteiger partial charge in [0.2, 0.25) is 5.91 Å². The molecule has 130 valence electrons. The third-order valence-electron chi connectivity index (χ3n) is 4.81. The number of aromatic nitrogens is 2. The molecule has 23 heavy (non-hydrogen) atoms. The molecule has 7 heteroatoms. The highest BCUT2D eigenvalue weighted by atomic mass is 19.3. The number of hydrogen-bond acceptors (Lipinski definition) is 3. The molecular weight excluding hydrogens is 302 g/mol. The summed E-state index contributed by atoms with van der Waals surface area (Å²) in [6, 6.07) is 0.126. The standard InChI is InChI=1S/C16H26F2N4O/c1-10(15-11(2)19-20-12(15)3)16(23)22-7-5-13(6-8-22)21(4)9-14(17)18/h10,13-14H,5-9H2,1-4H3,(H,19,20). The molecule has 0 radical (unpaired) electrons. The Balaban J connectivity index is 1.93. The van der Waals surface area contributed by atoms with Crippen molar-refractivity contribution in [2.45, 2.75) is 52.0 Å². The van der Waals surface area contributed by atoms with E-state index in [0.29, 0.717) is 13.1 Å². The van der Waals surface area contributed by atoms with Gasteiger partial charge in [-0.2, -0.15) is 5.10 Å². The lowest BCUT2D eigenvalue weighted by Crippen LogP contribution is -2.47. The Labute approximate surface area is 136 Å². The van der Waals surface area contributed by atoms with E-state index in [-0.39, 0.29) is 24.4 Å². The third kappa shape index (κ3) is 4.07. The third-order valence-corrected chi connectivity index (χ3v) is 4.81. The van der Waals surface area contributed by atoms with Gasteiger partial charge in [-0.15, -0.1) is 0 Å². The number of piperidine rings is 1. The molecule has 5 nitrogen and oxygen atoms in total. The molecule has 0 spiro atoms. The smallest absolute Gasteiger partial charge is 0.251 e. The zero-order valence-corrected chi connectivity index (χ0v) is 14.3. The number of halogens is 2. The Morgan fingerprint density at radius 3 is 2.48 bits per heavy atom. The van der Waals surface area contributed by atoms with Crippen LogP contribution in [-0.2, 0) is 4.79 Å². The number of H-pyrrole nitrogens is 1. The van der Waals surface area contributed by atoms with E-state index in [2.05, 4.69) is 10.2 Å². The SMILES string of the molecule is Cc1n[nH]c(C)c1C(C)C(=O)N1CCC(N(C)CC(F)F)CC1. The lowest BCUT2D eigenvalue weighted by molar-refractivity contribution is -0.134. The first-order chi connectivity index (χ1) is 10.8. The number of carbonyl (C=O) groups excluding carboxylic acids is 1. The minimum absolute atomic E-state index is 0.0903. The molecule has 2 heterocycles. The van der Waals surface area contributed by atoms with Gasteiger partial charge in [0.25, 0.3) is 6.43 Å². The van der Waals surface area contributed by atoms with E-state index in [9.17, 15) is 13.6 Å². The maximum atomic E-state index is 12.7. The summed E-state index contributed by atoms with van der Waals surface area (Å²) in [4.78, 5) is 16.3. The number of alkyl halides is 2. The first kappa shape index (κ1) is 17.8. The fraction of sp³-hybridized carbons (Fsp3) is 0.750. The van der Waals surface area contributed by atoms with Crippen molar-refractivity contribution in [3.05, 3.63) is 17.0 Å². The van der Waals surface area contributed by atoms with Crippen LogP contribution in [0.5, 0.6) is 0 Å². The molecule has 1 saturated heterocycles. The van der Waals surface area contributed by atoms with E-state index in [4.69, 9.17) is 0 Å². The second-order valence-corrected chi connectivity index (χ2v) is 6.46. The van der Waals surface area contributed by atoms with Crippen LogP contribution in [0, 0.1) is 13.8 Å². The van der Waals surface area contributed by atoms with Crippen molar-refractivity contribution in [1.82, 2.24) is 20.0 Å². The van der Waals surface area contributed by atoms with Gasteiger partial charge < -0.3 is 4.90 Å². The van der Waals surface area contributed by atoms with Crippen LogP contribution in [0.1, 0.15) is 42.6 Å². The number of carbonyl (C=O) groups is 1. The fourth-order valence-electron chi connectivity index (χ4n) is 3.49. The summed E-state index contributed by atoms with van der Waals surface area (Å²) >= 11 is 0. The van der Waals surface area contributed by atoms with Crippen molar-refractivity contribution in [1.29, 1.82) is 0 Å². The first-order valence-corrected chi connectivity index (χ1v) is 8.09. The van der Waals surface area contributed by atoms with Crippen LogP contribution in [0.2, 0.25) is 0 Å². The number of amides is 1. The van der Waals surface area contributed by atoms with Gasteiger partial charge >= 0.3 is 0 Å². The second kappa shape index (κ2) is 7.38. The van der Waals surface area contributed by atoms with E-state index >= 15 is 0 Å². The van der Waals surface area contributed by atoms with Crippen LogP contribution in [0.3, 0.4) is 0 Å². The molecule has 1 N–H and O–H groups in total. The fourth-order valence-corrected chi connectivity index (χ4v) is 3.49. The van der Waals surface area contributed by atoms with Gasteiger partial charge in [-0.25, -0.2) is 8.78 Å². The minimum Gasteiger partial charge on any atom is -0.342 e. The monoisotopic (exact) mass is 328 g/mol. The molecular formula is C16H26F2N4O. The molecule has 0 aliphatic carbocycles. The van der Waals surface area contributed by atoms with Gasteiger partial charge in [0.05, 0.1) is 18.2 Å². The summed E-state index contributed by atoms with van der Waals surface area (Å²) in [6.07, 6.45) is -0.831. The zero-order chi connectivity index (χ0) is 17.1. The van der Waals surface area contributed by atoms with Crippen molar-refractivity contribution in [2.75, 3.05) is 26.7 Å². The Bertz CT molecular complexity index is 519. The highest BCUT2D eigenvalue weighted by molar-refractivity contribution is 5.84. The summed E-state index contributed by atoms with van der Waals surface area (Å²) in [5.41, 5.74) is 2.75. The van der Waals surface area contributed by atoms with Gasteiger partial charge in [-0.3, -0.25) is 14.8 Å². The van der Waals surface area contributed by atoms with Crippen molar-refractivity contribution in [3.63, 3.8) is 0 Å². The second-order valence-electron chi connectivity index (χ2n) is 6.46. The molecule has 1 aliphatic heterocycles. The maximum absolute atomic E-state index is 12.7. The van der Waals surface area contributed by atoms with Crippen LogP contribution in [-0.4, -0.2) is 65.1 Å². The Morgan fingerprint density at radius 1 is 1.39 bits per heavy atom. The van der Waals surface area contributed by atoms with Crippen LogP contribution in [0.25, 0.3) is 0 Å². The minimum atomic E-state index is -2.31. The predicted octanol–water partition coefficient (Wildman–Crippen LogP) is 2.32. The van der Waals surface area contributed by atoms with Crippen molar-refractivity contribution >= 4 is 5.91 Å². The number of likely N-dealkylation sites (tertiary alicyclic amines) is 1. The summed E-state index contributed by atoms with van der Waals surface area (Å²) < 4.78 is 24.9. The Hall–Kier alpha value is -1.50. The molecule has 1 unspecified atom stereocenters. The van der Waals surface area contributed by atoms with Crippen LogP contribution < -0.4 is 0 Å². The maximum Gasteiger partial charge on any atom is 0.251 e. The molecule has 0 aromatic carbocycles. The highest BCUT2D eigenvalue weighted by Crippen LogP contribution is 2.25. The molecule has 1 amide bonds. The molecule has 0 saturated carbocycles. The topological polar surface area (TPSA) is 52.2 Å². The normalized spacial score (nSPS) is 18.0. The van der Waals surface area contributed by atoms with Gasteiger partial charge in [0.1, 0.15) is 0 Å². The molecule has 0 bridgehead atoms. The number of nitrogens with zero attached hydrogens (tertiary/aromatic N) is 3. The van der Waals surface area contributed by atoms with Crippen molar-refractivity contribution in [2.24, 2.45) is 0 Å². The first-order valence-electron chi connectivity index (χ1n) is 8.09. The summed E-state index contributed by atoms with van der Waals surface area (Å²) in [7, 11) is 1.73. The Kier molecular flexibility index (Phi) is 5.73. The van der Waals surface area contributed by atoms with E-state index in [0.717, 1.165) is 29.8 Å². The number of aryl methyl sites for hydroxylation is 2. The van der Waals surface area contributed by atoms with Gasteiger partial charge in [0, 0.05) is 30.4 Å². The zero-order valence-electron chi connectivity index (χ0n) is 14.3. The molecule has 2 rings (SSSR count). The summed E-state index contributed by atoms with van der Waals surface area (Å²) in [5, 5.41) is 7.07. The summed E-state index contributed by atoms with van der Waals surface area (Å²) in [6.45, 7) is 6.76. The van der Waals surface area contributed by atoms with Gasteiger partial charge in [0.15, 0.2) is 0 Å². The van der Waals surface area contributed by atoms with E-state index < -0.39 is 6.43 Å². The van der Waals surface area contributed by atoms with E-state index in [1.165, 1.54) is 0 Å². The number of rotatable bonds is 5. The molecule has 1 aromatic rings. The summed E-state index contributed by atoms with van der Waals surface area (Å²) in [5.74, 6) is -0.142. The highest BCUT2D eigenvalue weighted by Gasteiger charge is 2.30. The van der Waals surface area contributed by atoms with Crippen molar-refractivity contribution < 1.29 is 13.6 Å². The number of hydrogen-bond donors (Lipinski definition) is 1.